The van der Waals surface area contributed by atoms with E-state index < -0.39 is 29.5 Å². The Hall–Kier alpha value is -2.19. The molecule has 2 rings (SSSR count). The van der Waals surface area contributed by atoms with Gasteiger partial charge in [-0.15, -0.1) is 0 Å². The van der Waals surface area contributed by atoms with Crippen molar-refractivity contribution in [3.05, 3.63) is 29.3 Å². The maximum atomic E-state index is 13.0. The maximum absolute atomic E-state index is 13.0. The Morgan fingerprint density at radius 3 is 2.43 bits per heavy atom. The molecule has 0 atom stereocenters. The lowest BCUT2D eigenvalue weighted by Gasteiger charge is -2.26. The van der Waals surface area contributed by atoms with Crippen LogP contribution in [0.3, 0.4) is 0 Å². The summed E-state index contributed by atoms with van der Waals surface area (Å²) in [4.78, 5) is 23.9. The van der Waals surface area contributed by atoms with Gasteiger partial charge >= 0.3 is 18.1 Å². The van der Waals surface area contributed by atoms with E-state index in [9.17, 15) is 31.5 Å². The second-order valence-electron chi connectivity index (χ2n) is 4.56. The van der Waals surface area contributed by atoms with E-state index in [2.05, 4.69) is 5.32 Å². The summed E-state index contributed by atoms with van der Waals surface area (Å²) in [6.07, 6.45) is -5.95. The molecule has 1 aromatic rings. The first-order valence-corrected chi connectivity index (χ1v) is 5.68. The number of carbonyl (C=O) groups is 2. The van der Waals surface area contributed by atoms with Crippen LogP contribution < -0.4 is 5.32 Å². The second kappa shape index (κ2) is 4.68. The minimum absolute atomic E-state index is 0.000123. The van der Waals surface area contributed by atoms with Gasteiger partial charge in [-0.25, -0.2) is 4.79 Å². The van der Waals surface area contributed by atoms with Gasteiger partial charge in [-0.3, -0.25) is 4.79 Å². The van der Waals surface area contributed by atoms with Gasteiger partial charge in [0.2, 0.25) is 5.78 Å². The van der Waals surface area contributed by atoms with Crippen LogP contribution in [0.15, 0.2) is 18.2 Å². The molecule has 9 heteroatoms. The number of halogens is 5. The number of nitrogens with one attached hydrogen (secondary N) is 1. The van der Waals surface area contributed by atoms with Crippen molar-refractivity contribution in [3.63, 3.8) is 0 Å². The summed E-state index contributed by atoms with van der Waals surface area (Å²) in [7, 11) is 1.41. The number of alkyl halides is 5. The SMILES string of the molecule is CN1Cc2cc(C(=O)C(F)(F)C(F)(F)F)ccc2NC1=O. The summed E-state index contributed by atoms with van der Waals surface area (Å²) >= 11 is 0. The number of urea groups is 1. The van der Waals surface area contributed by atoms with Crippen LogP contribution in [0, 0.1) is 0 Å². The molecular weight excluding hydrogens is 299 g/mol. The molecule has 0 radical (unpaired) electrons. The molecule has 0 unspecified atom stereocenters. The average Bonchev–Trinajstić information content (AvgIpc) is 2.37. The summed E-state index contributed by atoms with van der Waals surface area (Å²) < 4.78 is 62.6. The van der Waals surface area contributed by atoms with Crippen molar-refractivity contribution in [2.24, 2.45) is 0 Å². The number of fused-ring (bicyclic) bond motifs is 1. The van der Waals surface area contributed by atoms with Crippen LogP contribution >= 0.6 is 0 Å². The Kier molecular flexibility index (Phi) is 3.38. The first-order valence-electron chi connectivity index (χ1n) is 5.68. The lowest BCUT2D eigenvalue weighted by molar-refractivity contribution is -0.255. The summed E-state index contributed by atoms with van der Waals surface area (Å²) in [5.41, 5.74) is -0.216. The zero-order valence-corrected chi connectivity index (χ0v) is 10.6. The van der Waals surface area contributed by atoms with Crippen molar-refractivity contribution in [3.8, 4) is 0 Å². The van der Waals surface area contributed by atoms with Crippen molar-refractivity contribution in [1.29, 1.82) is 0 Å². The number of nitrogens with zero attached hydrogens (tertiary/aromatic N) is 1. The third-order valence-corrected chi connectivity index (χ3v) is 3.00. The molecule has 0 saturated carbocycles. The van der Waals surface area contributed by atoms with Gasteiger partial charge in [0.25, 0.3) is 0 Å². The fourth-order valence-electron chi connectivity index (χ4n) is 1.84. The fourth-order valence-corrected chi connectivity index (χ4v) is 1.84. The largest absolute Gasteiger partial charge is 0.461 e. The van der Waals surface area contributed by atoms with Crippen LogP contribution in [0.5, 0.6) is 0 Å². The maximum Gasteiger partial charge on any atom is 0.461 e. The molecule has 2 amide bonds. The Balaban J connectivity index is 2.38. The quantitative estimate of drug-likeness (QED) is 0.674. The number of amides is 2. The number of carbonyl (C=O) groups excluding carboxylic acids is 2. The Morgan fingerprint density at radius 1 is 1.24 bits per heavy atom. The molecule has 21 heavy (non-hydrogen) atoms. The van der Waals surface area contributed by atoms with Crippen LogP contribution in [0.2, 0.25) is 0 Å². The average molecular weight is 308 g/mol. The molecule has 4 nitrogen and oxygen atoms in total. The number of hydrogen-bond donors (Lipinski definition) is 1. The zero-order valence-electron chi connectivity index (χ0n) is 10.6. The van der Waals surface area contributed by atoms with Crippen molar-refractivity contribution in [2.45, 2.75) is 18.6 Å². The predicted octanol–water partition coefficient (Wildman–Crippen LogP) is 3.04. The van der Waals surface area contributed by atoms with E-state index in [0.29, 0.717) is 0 Å². The van der Waals surface area contributed by atoms with Gasteiger partial charge in [0.05, 0.1) is 0 Å². The highest BCUT2D eigenvalue weighted by Gasteiger charge is 2.63. The number of ketones is 1. The highest BCUT2D eigenvalue weighted by Crippen LogP contribution is 2.38. The van der Waals surface area contributed by atoms with E-state index in [4.69, 9.17) is 0 Å². The molecule has 0 spiro atoms. The van der Waals surface area contributed by atoms with Crippen LogP contribution in [0.4, 0.5) is 32.4 Å². The number of rotatable bonds is 2. The summed E-state index contributed by atoms with van der Waals surface area (Å²) in [5, 5.41) is 2.41. The molecule has 0 aromatic heterocycles. The fraction of sp³-hybridized carbons (Fsp3) is 0.333. The van der Waals surface area contributed by atoms with Crippen LogP contribution in [0.1, 0.15) is 15.9 Å². The van der Waals surface area contributed by atoms with E-state index in [0.717, 1.165) is 18.2 Å². The molecule has 1 N–H and O–H groups in total. The van der Waals surface area contributed by atoms with E-state index in [1.807, 2.05) is 0 Å². The molecule has 1 aliphatic rings. The topological polar surface area (TPSA) is 49.4 Å². The van der Waals surface area contributed by atoms with Crippen molar-refractivity contribution >= 4 is 17.5 Å². The minimum atomic E-state index is -5.95. The van der Waals surface area contributed by atoms with E-state index >= 15 is 0 Å². The Bertz CT molecular complexity index is 612. The molecule has 0 bridgehead atoms. The molecule has 0 aliphatic carbocycles. The predicted molar refractivity (Wildman–Crippen MR) is 62.3 cm³/mol. The number of anilines is 1. The third kappa shape index (κ3) is 2.55. The number of hydrogen-bond acceptors (Lipinski definition) is 2. The smallest absolute Gasteiger partial charge is 0.323 e. The van der Waals surface area contributed by atoms with Gasteiger partial charge in [0, 0.05) is 24.8 Å². The normalized spacial score (nSPS) is 15.5. The van der Waals surface area contributed by atoms with Gasteiger partial charge < -0.3 is 10.2 Å². The standard InChI is InChI=1S/C12H9F5N2O2/c1-19-5-7-4-6(2-3-8(7)18-10(19)21)9(20)11(13,14)12(15,16)17/h2-4H,5H2,1H3,(H,18,21). The molecule has 0 fully saturated rings. The van der Waals surface area contributed by atoms with Gasteiger partial charge in [0.1, 0.15) is 0 Å². The monoisotopic (exact) mass is 308 g/mol. The lowest BCUT2D eigenvalue weighted by Crippen LogP contribution is -2.44. The summed E-state index contributed by atoms with van der Waals surface area (Å²) in [6, 6.07) is 2.43. The Morgan fingerprint density at radius 2 is 1.86 bits per heavy atom. The van der Waals surface area contributed by atoms with Crippen LogP contribution in [0.25, 0.3) is 0 Å². The molecule has 1 aliphatic heterocycles. The van der Waals surface area contributed by atoms with E-state index in [1.165, 1.54) is 11.9 Å². The van der Waals surface area contributed by atoms with Crippen molar-refractivity contribution in [1.82, 2.24) is 4.90 Å². The zero-order chi connectivity index (χ0) is 16.0. The molecule has 114 valence electrons. The Labute approximate surface area is 115 Å². The van der Waals surface area contributed by atoms with Crippen molar-refractivity contribution < 1.29 is 31.5 Å². The lowest BCUT2D eigenvalue weighted by atomic mass is 10.00. The number of benzene rings is 1. The molecule has 0 saturated heterocycles. The molecule has 1 aromatic carbocycles. The molecule has 1 heterocycles. The third-order valence-electron chi connectivity index (χ3n) is 3.00. The van der Waals surface area contributed by atoms with Crippen LogP contribution in [-0.4, -0.2) is 35.9 Å². The van der Waals surface area contributed by atoms with E-state index in [-0.39, 0.29) is 17.8 Å². The van der Waals surface area contributed by atoms with Gasteiger partial charge in [-0.2, -0.15) is 22.0 Å². The first kappa shape index (κ1) is 15.2. The number of Topliss-reactive ketones (excluding diaryl/α,β-unsaturated/α-hetero) is 1. The van der Waals surface area contributed by atoms with Gasteiger partial charge in [-0.05, 0) is 23.8 Å². The highest BCUT2D eigenvalue weighted by atomic mass is 19.4. The molecular formula is C12H9F5N2O2. The van der Waals surface area contributed by atoms with Crippen molar-refractivity contribution in [2.75, 3.05) is 12.4 Å². The van der Waals surface area contributed by atoms with Crippen LogP contribution in [-0.2, 0) is 6.54 Å². The summed E-state index contributed by atoms with van der Waals surface area (Å²) in [5.74, 6) is -7.78. The van der Waals surface area contributed by atoms with E-state index in [1.54, 1.807) is 0 Å². The highest BCUT2D eigenvalue weighted by molar-refractivity contribution is 6.03. The first-order chi connectivity index (χ1) is 9.54. The minimum Gasteiger partial charge on any atom is -0.323 e. The summed E-state index contributed by atoms with van der Waals surface area (Å²) in [6.45, 7) is -0.000123. The second-order valence-corrected chi connectivity index (χ2v) is 4.56. The van der Waals surface area contributed by atoms with Gasteiger partial charge in [-0.1, -0.05) is 0 Å². The van der Waals surface area contributed by atoms with Gasteiger partial charge in [0.15, 0.2) is 0 Å².